The molecule has 1 rings (SSSR count). The van der Waals surface area contributed by atoms with E-state index in [0.29, 0.717) is 6.61 Å². The third-order valence-corrected chi connectivity index (χ3v) is 1.92. The molecule has 16 heavy (non-hydrogen) atoms. The van der Waals surface area contributed by atoms with Crippen molar-refractivity contribution < 1.29 is 9.53 Å². The van der Waals surface area contributed by atoms with Gasteiger partial charge in [-0.15, -0.1) is 0 Å². The molecule has 2 N–H and O–H groups in total. The van der Waals surface area contributed by atoms with Gasteiger partial charge < -0.3 is 10.1 Å². The molecule has 0 unspecified atom stereocenters. The van der Waals surface area contributed by atoms with Crippen molar-refractivity contribution in [2.75, 3.05) is 19.0 Å². The standard InChI is InChI=1S/C10H15N3O3/c1-3-4-5-16-9(15)7-6-8(14)13-10(11-2)12-7/h6H,3-5H2,1-2H3,(H2,11,12,13,14). The van der Waals surface area contributed by atoms with Crippen LogP contribution in [0.4, 0.5) is 5.95 Å². The van der Waals surface area contributed by atoms with E-state index >= 15 is 0 Å². The summed E-state index contributed by atoms with van der Waals surface area (Å²) in [5, 5.41) is 2.66. The Bertz CT molecular complexity index is 414. The number of hydrogen-bond acceptors (Lipinski definition) is 5. The number of aromatic nitrogens is 2. The molecule has 1 aromatic rings. The number of carbonyl (C=O) groups is 1. The molecule has 88 valence electrons. The van der Waals surface area contributed by atoms with Gasteiger partial charge in [0, 0.05) is 13.1 Å². The molecule has 0 atom stereocenters. The second-order valence-corrected chi connectivity index (χ2v) is 3.22. The number of nitrogens with one attached hydrogen (secondary N) is 2. The van der Waals surface area contributed by atoms with Crippen molar-refractivity contribution in [3.05, 3.63) is 22.1 Å². The molecule has 1 aromatic heterocycles. The molecule has 0 aliphatic carbocycles. The summed E-state index contributed by atoms with van der Waals surface area (Å²) in [6, 6.07) is 1.12. The minimum Gasteiger partial charge on any atom is -0.461 e. The third kappa shape index (κ3) is 3.38. The fraction of sp³-hybridized carbons (Fsp3) is 0.500. The van der Waals surface area contributed by atoms with Gasteiger partial charge in [0.25, 0.3) is 5.56 Å². The molecule has 1 heterocycles. The third-order valence-electron chi connectivity index (χ3n) is 1.92. The minimum absolute atomic E-state index is 0.0178. The zero-order chi connectivity index (χ0) is 12.0. The van der Waals surface area contributed by atoms with E-state index in [1.165, 1.54) is 0 Å². The molecule has 0 saturated heterocycles. The summed E-state index contributed by atoms with van der Waals surface area (Å²) in [5.41, 5.74) is -0.369. The normalized spacial score (nSPS) is 9.88. The molecule has 0 spiro atoms. The summed E-state index contributed by atoms with van der Waals surface area (Å²) < 4.78 is 4.94. The Hall–Kier alpha value is -1.85. The van der Waals surface area contributed by atoms with Gasteiger partial charge in [-0.1, -0.05) is 13.3 Å². The first-order valence-electron chi connectivity index (χ1n) is 5.13. The molecule has 0 aliphatic rings. The highest BCUT2D eigenvalue weighted by Crippen LogP contribution is 1.99. The van der Waals surface area contributed by atoms with Crippen molar-refractivity contribution in [3.8, 4) is 0 Å². The lowest BCUT2D eigenvalue weighted by atomic mass is 10.3. The Morgan fingerprint density at radius 3 is 3.00 bits per heavy atom. The maximum atomic E-state index is 11.5. The number of hydrogen-bond donors (Lipinski definition) is 2. The van der Waals surface area contributed by atoms with E-state index in [4.69, 9.17) is 4.74 Å². The summed E-state index contributed by atoms with van der Waals surface area (Å²) in [6.45, 7) is 2.34. The fourth-order valence-corrected chi connectivity index (χ4v) is 1.06. The van der Waals surface area contributed by atoms with Gasteiger partial charge in [-0.3, -0.25) is 9.78 Å². The average molecular weight is 225 g/mol. The van der Waals surface area contributed by atoms with Crippen molar-refractivity contribution in [3.63, 3.8) is 0 Å². The molecular weight excluding hydrogens is 210 g/mol. The zero-order valence-electron chi connectivity index (χ0n) is 9.37. The Balaban J connectivity index is 2.75. The van der Waals surface area contributed by atoms with E-state index in [2.05, 4.69) is 15.3 Å². The van der Waals surface area contributed by atoms with E-state index in [0.717, 1.165) is 18.9 Å². The summed E-state index contributed by atoms with van der Waals surface area (Å²) >= 11 is 0. The number of esters is 1. The maximum absolute atomic E-state index is 11.5. The molecule has 0 fully saturated rings. The first kappa shape index (κ1) is 12.2. The van der Waals surface area contributed by atoms with E-state index in [9.17, 15) is 9.59 Å². The molecule has 0 amide bonds. The predicted octanol–water partition coefficient (Wildman–Crippen LogP) is 0.768. The van der Waals surface area contributed by atoms with Crippen LogP contribution in [0.15, 0.2) is 10.9 Å². The van der Waals surface area contributed by atoms with E-state index < -0.39 is 5.97 Å². The molecule has 0 radical (unpaired) electrons. The predicted molar refractivity (Wildman–Crippen MR) is 59.6 cm³/mol. The maximum Gasteiger partial charge on any atom is 0.357 e. The molecular formula is C10H15N3O3. The van der Waals surface area contributed by atoms with Crippen LogP contribution in [0.25, 0.3) is 0 Å². The highest BCUT2D eigenvalue weighted by atomic mass is 16.5. The number of carbonyl (C=O) groups excluding carboxylic acids is 1. The average Bonchev–Trinajstić information content (AvgIpc) is 2.28. The van der Waals surface area contributed by atoms with Crippen molar-refractivity contribution in [2.24, 2.45) is 0 Å². The van der Waals surface area contributed by atoms with Gasteiger partial charge in [0.1, 0.15) is 0 Å². The Morgan fingerprint density at radius 1 is 1.62 bits per heavy atom. The summed E-state index contributed by atoms with van der Waals surface area (Å²) in [4.78, 5) is 29.0. The van der Waals surface area contributed by atoms with Gasteiger partial charge in [0.2, 0.25) is 5.95 Å². The van der Waals surface area contributed by atoms with E-state index in [1.807, 2.05) is 6.92 Å². The number of anilines is 1. The SMILES string of the molecule is CCCCOC(=O)c1cc(=O)[nH]c(NC)n1. The lowest BCUT2D eigenvalue weighted by Gasteiger charge is -2.04. The number of ether oxygens (including phenoxy) is 1. The Labute approximate surface area is 93.0 Å². The first-order chi connectivity index (χ1) is 7.67. The highest BCUT2D eigenvalue weighted by Gasteiger charge is 2.10. The van der Waals surface area contributed by atoms with E-state index in [-0.39, 0.29) is 17.2 Å². The van der Waals surface area contributed by atoms with Crippen LogP contribution in [0.5, 0.6) is 0 Å². The van der Waals surface area contributed by atoms with Crippen LogP contribution in [0.3, 0.4) is 0 Å². The number of nitrogens with zero attached hydrogens (tertiary/aromatic N) is 1. The summed E-state index contributed by atoms with van der Waals surface area (Å²) in [7, 11) is 1.60. The first-order valence-corrected chi connectivity index (χ1v) is 5.13. The van der Waals surface area contributed by atoms with Crippen molar-refractivity contribution in [2.45, 2.75) is 19.8 Å². The van der Waals surface area contributed by atoms with Crippen LogP contribution in [0.1, 0.15) is 30.3 Å². The van der Waals surface area contributed by atoms with Gasteiger partial charge in [0.05, 0.1) is 6.61 Å². The smallest absolute Gasteiger partial charge is 0.357 e. The number of aromatic amines is 1. The fourth-order valence-electron chi connectivity index (χ4n) is 1.06. The molecule has 0 aromatic carbocycles. The molecule has 0 saturated carbocycles. The quantitative estimate of drug-likeness (QED) is 0.571. The van der Waals surface area contributed by atoms with Crippen LogP contribution >= 0.6 is 0 Å². The second-order valence-electron chi connectivity index (χ2n) is 3.22. The van der Waals surface area contributed by atoms with Crippen LogP contribution in [0, 0.1) is 0 Å². The van der Waals surface area contributed by atoms with Crippen LogP contribution < -0.4 is 10.9 Å². The highest BCUT2D eigenvalue weighted by molar-refractivity contribution is 5.87. The van der Waals surface area contributed by atoms with Gasteiger partial charge in [-0.05, 0) is 6.42 Å². The molecule has 6 heteroatoms. The van der Waals surface area contributed by atoms with Gasteiger partial charge in [-0.25, -0.2) is 9.78 Å². The zero-order valence-corrected chi connectivity index (χ0v) is 9.37. The summed E-state index contributed by atoms with van der Waals surface area (Å²) in [6.07, 6.45) is 1.74. The number of unbranched alkanes of at least 4 members (excludes halogenated alkanes) is 1. The lowest BCUT2D eigenvalue weighted by Crippen LogP contribution is -2.17. The summed E-state index contributed by atoms with van der Waals surface area (Å²) in [5.74, 6) is -0.328. The van der Waals surface area contributed by atoms with Crippen LogP contribution in [-0.4, -0.2) is 29.6 Å². The van der Waals surface area contributed by atoms with Gasteiger partial charge in [0.15, 0.2) is 5.69 Å². The number of rotatable bonds is 5. The molecule has 0 bridgehead atoms. The van der Waals surface area contributed by atoms with Crippen molar-refractivity contribution in [1.82, 2.24) is 9.97 Å². The van der Waals surface area contributed by atoms with E-state index in [1.54, 1.807) is 7.05 Å². The topological polar surface area (TPSA) is 84.1 Å². The van der Waals surface area contributed by atoms with Crippen LogP contribution in [0.2, 0.25) is 0 Å². The van der Waals surface area contributed by atoms with Crippen molar-refractivity contribution >= 4 is 11.9 Å². The van der Waals surface area contributed by atoms with Crippen molar-refractivity contribution in [1.29, 1.82) is 0 Å². The number of H-pyrrole nitrogens is 1. The van der Waals surface area contributed by atoms with Gasteiger partial charge >= 0.3 is 5.97 Å². The Kier molecular flexibility index (Phi) is 4.50. The van der Waals surface area contributed by atoms with Gasteiger partial charge in [-0.2, -0.15) is 0 Å². The molecule has 0 aliphatic heterocycles. The monoisotopic (exact) mass is 225 g/mol. The lowest BCUT2D eigenvalue weighted by molar-refractivity contribution is 0.0492. The molecule has 6 nitrogen and oxygen atoms in total. The minimum atomic E-state index is -0.573. The Morgan fingerprint density at radius 2 is 2.38 bits per heavy atom. The van der Waals surface area contributed by atoms with Crippen LogP contribution in [-0.2, 0) is 4.74 Å². The largest absolute Gasteiger partial charge is 0.461 e. The second kappa shape index (κ2) is 5.89.